The summed E-state index contributed by atoms with van der Waals surface area (Å²) in [5, 5.41) is 13.5. The van der Waals surface area contributed by atoms with Gasteiger partial charge in [-0.05, 0) is 18.2 Å². The van der Waals surface area contributed by atoms with Crippen LogP contribution in [0.4, 0.5) is 0 Å². The fourth-order valence-electron chi connectivity index (χ4n) is 2.71. The highest BCUT2D eigenvalue weighted by atomic mass is 28.3. The molecule has 0 amide bonds. The lowest BCUT2D eigenvalue weighted by Gasteiger charge is -2.43. The second-order valence-electron chi connectivity index (χ2n) is 5.74. The van der Waals surface area contributed by atoms with Crippen LogP contribution in [-0.4, -0.2) is 37.4 Å². The van der Waals surface area contributed by atoms with Crippen molar-refractivity contribution in [2.45, 2.75) is 25.1 Å². The van der Waals surface area contributed by atoms with Crippen molar-refractivity contribution >= 4 is 8.07 Å². The Morgan fingerprint density at radius 1 is 0.700 bits per heavy atom. The maximum atomic E-state index is 4.50. The minimum atomic E-state index is -1.85. The SMILES string of the molecule is C[Si](C)(C)C(n1cccn1)(n1cccn1)n1cccn1. The molecule has 0 fully saturated rings. The van der Waals surface area contributed by atoms with E-state index in [-0.39, 0.29) is 0 Å². The van der Waals surface area contributed by atoms with Gasteiger partial charge in [0.05, 0.1) is 0 Å². The maximum Gasteiger partial charge on any atom is 0.227 e. The molecule has 3 aromatic rings. The molecular weight excluding hydrogens is 268 g/mol. The van der Waals surface area contributed by atoms with E-state index in [9.17, 15) is 0 Å². The van der Waals surface area contributed by atoms with E-state index in [2.05, 4.69) is 34.9 Å². The van der Waals surface area contributed by atoms with Crippen LogP contribution in [0.2, 0.25) is 19.6 Å². The predicted molar refractivity (Wildman–Crippen MR) is 78.8 cm³/mol. The van der Waals surface area contributed by atoms with Gasteiger partial charge in [-0.1, -0.05) is 19.6 Å². The van der Waals surface area contributed by atoms with Gasteiger partial charge in [-0.2, -0.15) is 15.3 Å². The highest BCUT2D eigenvalue weighted by Gasteiger charge is 2.50. The lowest BCUT2D eigenvalue weighted by molar-refractivity contribution is 0.209. The molecule has 0 saturated carbocycles. The molecule has 3 heterocycles. The normalized spacial score (nSPS) is 12.8. The van der Waals surface area contributed by atoms with Crippen molar-refractivity contribution in [2.75, 3.05) is 0 Å². The van der Waals surface area contributed by atoms with Crippen molar-refractivity contribution in [3.8, 4) is 0 Å². The predicted octanol–water partition coefficient (Wildman–Crippen LogP) is 1.86. The topological polar surface area (TPSA) is 53.5 Å². The van der Waals surface area contributed by atoms with Crippen LogP contribution in [0.5, 0.6) is 0 Å². The van der Waals surface area contributed by atoms with Gasteiger partial charge >= 0.3 is 0 Å². The molecule has 6 nitrogen and oxygen atoms in total. The van der Waals surface area contributed by atoms with Gasteiger partial charge in [-0.15, -0.1) is 0 Å². The molecule has 0 radical (unpaired) electrons. The summed E-state index contributed by atoms with van der Waals surface area (Å²) >= 11 is 0. The van der Waals surface area contributed by atoms with Gasteiger partial charge < -0.3 is 0 Å². The summed E-state index contributed by atoms with van der Waals surface area (Å²) in [6.45, 7) is 6.87. The van der Waals surface area contributed by atoms with Crippen LogP contribution < -0.4 is 0 Å². The number of hydrogen-bond donors (Lipinski definition) is 0. The number of hydrogen-bond acceptors (Lipinski definition) is 3. The van der Waals surface area contributed by atoms with E-state index in [1.54, 1.807) is 18.6 Å². The Hall–Kier alpha value is -2.15. The average Bonchev–Trinajstić information content (AvgIpc) is 3.13. The smallest absolute Gasteiger partial charge is 0.227 e. The summed E-state index contributed by atoms with van der Waals surface area (Å²) in [6.07, 6.45) is 11.3. The zero-order chi connectivity index (χ0) is 14.2. The van der Waals surface area contributed by atoms with Crippen LogP contribution in [0, 0.1) is 0 Å². The fourth-order valence-corrected chi connectivity index (χ4v) is 5.16. The molecule has 0 aliphatic heterocycles. The maximum absolute atomic E-state index is 4.50. The van der Waals surface area contributed by atoms with Crippen LogP contribution in [0.25, 0.3) is 0 Å². The van der Waals surface area contributed by atoms with Crippen molar-refractivity contribution in [3.05, 3.63) is 55.4 Å². The standard InChI is InChI=1S/C13H18N6Si/c1-20(2,3)13(17-10-4-7-14-17,18-11-5-8-15-18)19-12-6-9-16-19/h4-12H,1-3H3. The van der Waals surface area contributed by atoms with Crippen LogP contribution in [0.3, 0.4) is 0 Å². The first-order chi connectivity index (χ1) is 9.57. The van der Waals surface area contributed by atoms with Gasteiger partial charge in [0.2, 0.25) is 5.41 Å². The Morgan fingerprint density at radius 3 is 1.25 bits per heavy atom. The van der Waals surface area contributed by atoms with Crippen molar-refractivity contribution in [1.82, 2.24) is 29.3 Å². The molecular formula is C13H18N6Si. The second kappa shape index (κ2) is 4.45. The molecule has 20 heavy (non-hydrogen) atoms. The van der Waals surface area contributed by atoms with Crippen LogP contribution in [0.1, 0.15) is 0 Å². The Morgan fingerprint density at radius 2 is 1.05 bits per heavy atom. The van der Waals surface area contributed by atoms with E-state index in [1.807, 2.05) is 50.8 Å². The van der Waals surface area contributed by atoms with Gasteiger partial charge in [0.15, 0.2) is 0 Å². The summed E-state index contributed by atoms with van der Waals surface area (Å²) in [4.78, 5) is 0. The van der Waals surface area contributed by atoms with Gasteiger partial charge in [0.25, 0.3) is 0 Å². The first kappa shape index (κ1) is 12.9. The molecule has 0 aliphatic carbocycles. The fraction of sp³-hybridized carbons (Fsp3) is 0.308. The summed E-state index contributed by atoms with van der Waals surface area (Å²) in [5.41, 5.74) is -0.538. The van der Waals surface area contributed by atoms with Gasteiger partial charge in [-0.25, -0.2) is 14.0 Å². The highest BCUT2D eigenvalue weighted by molar-refractivity contribution is 6.78. The quantitative estimate of drug-likeness (QED) is 0.688. The Kier molecular flexibility index (Phi) is 2.86. The molecule has 3 rings (SSSR count). The molecule has 7 heteroatoms. The van der Waals surface area contributed by atoms with Crippen LogP contribution in [-0.2, 0) is 5.41 Å². The number of nitrogens with zero attached hydrogens (tertiary/aromatic N) is 6. The van der Waals surface area contributed by atoms with Gasteiger partial charge in [0, 0.05) is 37.2 Å². The van der Waals surface area contributed by atoms with E-state index in [0.717, 1.165) is 0 Å². The van der Waals surface area contributed by atoms with E-state index >= 15 is 0 Å². The lowest BCUT2D eigenvalue weighted by atomic mass is 10.6. The minimum Gasteiger partial charge on any atom is -0.229 e. The third kappa shape index (κ3) is 1.66. The molecule has 0 atom stereocenters. The summed E-state index contributed by atoms with van der Waals surface area (Å²) < 4.78 is 5.87. The third-order valence-electron chi connectivity index (χ3n) is 3.48. The second-order valence-corrected chi connectivity index (χ2v) is 10.9. The molecule has 0 unspecified atom stereocenters. The van der Waals surface area contributed by atoms with Crippen molar-refractivity contribution in [1.29, 1.82) is 0 Å². The van der Waals surface area contributed by atoms with E-state index in [4.69, 9.17) is 0 Å². The zero-order valence-electron chi connectivity index (χ0n) is 11.9. The van der Waals surface area contributed by atoms with E-state index < -0.39 is 13.5 Å². The van der Waals surface area contributed by atoms with E-state index in [1.165, 1.54) is 0 Å². The van der Waals surface area contributed by atoms with E-state index in [0.29, 0.717) is 0 Å². The molecule has 0 bridgehead atoms. The summed E-state index contributed by atoms with van der Waals surface area (Å²) in [7, 11) is -1.85. The van der Waals surface area contributed by atoms with Gasteiger partial charge in [0.1, 0.15) is 8.07 Å². The molecule has 3 aromatic heterocycles. The first-order valence-electron chi connectivity index (χ1n) is 6.57. The summed E-state index contributed by atoms with van der Waals surface area (Å²) in [6, 6.07) is 5.80. The number of aromatic nitrogens is 6. The van der Waals surface area contributed by atoms with Crippen LogP contribution in [0.15, 0.2) is 55.4 Å². The molecule has 0 aromatic carbocycles. The first-order valence-corrected chi connectivity index (χ1v) is 10.1. The molecule has 0 saturated heterocycles. The third-order valence-corrected chi connectivity index (χ3v) is 6.18. The summed E-state index contributed by atoms with van der Waals surface area (Å²) in [5.74, 6) is 0. The Bertz CT molecular complexity index is 564. The van der Waals surface area contributed by atoms with Crippen molar-refractivity contribution < 1.29 is 0 Å². The lowest BCUT2D eigenvalue weighted by Crippen LogP contribution is -2.64. The largest absolute Gasteiger partial charge is 0.229 e. The zero-order valence-corrected chi connectivity index (χ0v) is 12.9. The molecule has 0 N–H and O–H groups in total. The Labute approximate surface area is 118 Å². The minimum absolute atomic E-state index is 0.538. The number of rotatable bonds is 4. The average molecular weight is 286 g/mol. The van der Waals surface area contributed by atoms with Crippen LogP contribution >= 0.6 is 0 Å². The molecule has 104 valence electrons. The van der Waals surface area contributed by atoms with Crippen molar-refractivity contribution in [2.24, 2.45) is 0 Å². The molecule has 0 spiro atoms. The van der Waals surface area contributed by atoms with Gasteiger partial charge in [-0.3, -0.25) is 0 Å². The van der Waals surface area contributed by atoms with Crippen molar-refractivity contribution in [3.63, 3.8) is 0 Å². The molecule has 0 aliphatic rings. The highest BCUT2D eigenvalue weighted by Crippen LogP contribution is 2.31. The monoisotopic (exact) mass is 286 g/mol. The Balaban J connectivity index is 2.37.